The van der Waals surface area contributed by atoms with Crippen molar-refractivity contribution < 1.29 is 9.53 Å². The van der Waals surface area contributed by atoms with Crippen LogP contribution in [0.2, 0.25) is 10.0 Å². The number of carbonyl (C=O) groups excluding carboxylic acids is 1. The third kappa shape index (κ3) is 3.46. The van der Waals surface area contributed by atoms with E-state index in [-0.39, 0.29) is 11.7 Å². The molecule has 0 aliphatic carbocycles. The lowest BCUT2D eigenvalue weighted by atomic mass is 10.3. The number of carbonyl (C=O) groups is 1. The maximum absolute atomic E-state index is 10.5. The monoisotopic (exact) mass is 236 g/mol. The van der Waals surface area contributed by atoms with Crippen LogP contribution in [0, 0.1) is 0 Å². The molecule has 0 unspecified atom stereocenters. The second kappa shape index (κ2) is 4.74. The van der Waals surface area contributed by atoms with Gasteiger partial charge in [-0.2, -0.15) is 0 Å². The largest absolute Gasteiger partial charge is 0.483 e. The molecular formula is C8H6Cl2O2S. The molecular weight excluding hydrogens is 231 g/mol. The van der Waals surface area contributed by atoms with Crippen molar-refractivity contribution in [2.45, 2.75) is 0 Å². The normalized spacial score (nSPS) is 9.77. The van der Waals surface area contributed by atoms with Gasteiger partial charge >= 0.3 is 0 Å². The van der Waals surface area contributed by atoms with Crippen molar-refractivity contribution in [3.8, 4) is 5.75 Å². The molecule has 0 aromatic heterocycles. The fourth-order valence-electron chi connectivity index (χ4n) is 0.732. The first kappa shape index (κ1) is 10.7. The van der Waals surface area contributed by atoms with Gasteiger partial charge < -0.3 is 4.74 Å². The first-order chi connectivity index (χ1) is 6.09. The highest BCUT2D eigenvalue weighted by Crippen LogP contribution is 2.27. The summed E-state index contributed by atoms with van der Waals surface area (Å²) in [6, 6.07) is 4.77. The van der Waals surface area contributed by atoms with Gasteiger partial charge in [0, 0.05) is 5.02 Å². The molecule has 0 amide bonds. The van der Waals surface area contributed by atoms with Crippen molar-refractivity contribution in [2.75, 3.05) is 6.61 Å². The summed E-state index contributed by atoms with van der Waals surface area (Å²) in [6.45, 7) is -0.107. The van der Waals surface area contributed by atoms with E-state index >= 15 is 0 Å². The average Bonchev–Trinajstić information content (AvgIpc) is 2.02. The van der Waals surface area contributed by atoms with Crippen molar-refractivity contribution >= 4 is 40.9 Å². The minimum Gasteiger partial charge on any atom is -0.483 e. The molecule has 0 radical (unpaired) electrons. The predicted octanol–water partition coefficient (Wildman–Crippen LogP) is 2.83. The highest BCUT2D eigenvalue weighted by Gasteiger charge is 2.03. The second-order valence-corrected chi connectivity index (χ2v) is 3.60. The van der Waals surface area contributed by atoms with Gasteiger partial charge in [-0.1, -0.05) is 23.2 Å². The number of hydrogen-bond donors (Lipinski definition) is 1. The molecule has 1 aromatic rings. The minimum atomic E-state index is -0.356. The Morgan fingerprint density at radius 1 is 1.46 bits per heavy atom. The van der Waals surface area contributed by atoms with Crippen LogP contribution in [0.4, 0.5) is 0 Å². The van der Waals surface area contributed by atoms with Gasteiger partial charge in [0.2, 0.25) is 5.12 Å². The van der Waals surface area contributed by atoms with Crippen LogP contribution in [-0.4, -0.2) is 11.7 Å². The van der Waals surface area contributed by atoms with E-state index in [2.05, 4.69) is 12.6 Å². The van der Waals surface area contributed by atoms with Gasteiger partial charge in [0.05, 0.1) is 5.02 Å². The number of halogens is 2. The molecule has 70 valence electrons. The van der Waals surface area contributed by atoms with E-state index < -0.39 is 0 Å². The van der Waals surface area contributed by atoms with Crippen LogP contribution in [0.15, 0.2) is 18.2 Å². The van der Waals surface area contributed by atoms with Crippen molar-refractivity contribution in [1.82, 2.24) is 0 Å². The summed E-state index contributed by atoms with van der Waals surface area (Å²) in [7, 11) is 0. The maximum atomic E-state index is 10.5. The Kier molecular flexibility index (Phi) is 3.90. The molecule has 2 nitrogen and oxygen atoms in total. The highest BCUT2D eigenvalue weighted by molar-refractivity contribution is 7.96. The van der Waals surface area contributed by atoms with Gasteiger partial charge in [-0.25, -0.2) is 0 Å². The Morgan fingerprint density at radius 2 is 2.15 bits per heavy atom. The van der Waals surface area contributed by atoms with E-state index in [1.54, 1.807) is 18.2 Å². The van der Waals surface area contributed by atoms with Crippen LogP contribution in [0.25, 0.3) is 0 Å². The Labute approximate surface area is 91.2 Å². The summed E-state index contributed by atoms with van der Waals surface area (Å²) < 4.78 is 5.04. The van der Waals surface area contributed by atoms with Crippen LogP contribution in [0.1, 0.15) is 0 Å². The number of hydrogen-bond acceptors (Lipinski definition) is 2. The Balaban J connectivity index is 2.72. The number of rotatable bonds is 3. The van der Waals surface area contributed by atoms with E-state index in [0.717, 1.165) is 0 Å². The standard InChI is InChI=1S/C8H6Cl2O2S/c9-5-1-2-7(6(10)3-5)12-4-8(11)13/h1-3H,4H2,(H,11,13). The third-order valence-electron chi connectivity index (χ3n) is 1.25. The van der Waals surface area contributed by atoms with Crippen LogP contribution in [-0.2, 0) is 4.79 Å². The van der Waals surface area contributed by atoms with Crippen LogP contribution >= 0.6 is 35.8 Å². The molecule has 0 aliphatic heterocycles. The summed E-state index contributed by atoms with van der Waals surface area (Å²) in [6.07, 6.45) is 0. The molecule has 0 fully saturated rings. The molecule has 0 bridgehead atoms. The highest BCUT2D eigenvalue weighted by atomic mass is 35.5. The van der Waals surface area contributed by atoms with E-state index in [0.29, 0.717) is 15.8 Å². The second-order valence-electron chi connectivity index (χ2n) is 2.26. The lowest BCUT2D eigenvalue weighted by Gasteiger charge is -2.05. The Hall–Kier alpha value is -0.380. The molecule has 0 heterocycles. The van der Waals surface area contributed by atoms with Crippen molar-refractivity contribution in [1.29, 1.82) is 0 Å². The number of ether oxygens (including phenoxy) is 1. The van der Waals surface area contributed by atoms with Crippen LogP contribution in [0.3, 0.4) is 0 Å². The fourth-order valence-corrected chi connectivity index (χ4v) is 1.26. The zero-order valence-electron chi connectivity index (χ0n) is 6.46. The van der Waals surface area contributed by atoms with Crippen molar-refractivity contribution in [2.24, 2.45) is 0 Å². The summed E-state index contributed by atoms with van der Waals surface area (Å²) in [5.74, 6) is 0.425. The molecule has 1 aromatic carbocycles. The van der Waals surface area contributed by atoms with Crippen molar-refractivity contribution in [3.63, 3.8) is 0 Å². The maximum Gasteiger partial charge on any atom is 0.223 e. The Morgan fingerprint density at radius 3 is 2.69 bits per heavy atom. The quantitative estimate of drug-likeness (QED) is 0.818. The summed E-state index contributed by atoms with van der Waals surface area (Å²) in [4.78, 5) is 10.5. The fraction of sp³-hybridized carbons (Fsp3) is 0.125. The number of benzene rings is 1. The van der Waals surface area contributed by atoms with Crippen LogP contribution in [0.5, 0.6) is 5.75 Å². The topological polar surface area (TPSA) is 26.3 Å². The van der Waals surface area contributed by atoms with Gasteiger partial charge in [-0.3, -0.25) is 4.79 Å². The predicted molar refractivity (Wildman–Crippen MR) is 56.0 cm³/mol. The summed E-state index contributed by atoms with van der Waals surface area (Å²) in [5.41, 5.74) is 0. The first-order valence-corrected chi connectivity index (χ1v) is 4.59. The molecule has 0 spiro atoms. The first-order valence-electron chi connectivity index (χ1n) is 3.39. The van der Waals surface area contributed by atoms with Gasteiger partial charge in [0.15, 0.2) is 6.61 Å². The third-order valence-corrected chi connectivity index (χ3v) is 1.90. The minimum absolute atomic E-state index is 0.107. The van der Waals surface area contributed by atoms with Gasteiger partial charge in [-0.05, 0) is 18.2 Å². The molecule has 5 heteroatoms. The summed E-state index contributed by atoms with van der Waals surface area (Å²) in [5, 5.41) is 0.544. The van der Waals surface area contributed by atoms with Gasteiger partial charge in [0.1, 0.15) is 5.75 Å². The molecule has 0 aliphatic rings. The van der Waals surface area contributed by atoms with E-state index in [1.165, 1.54) is 0 Å². The van der Waals surface area contributed by atoms with Crippen LogP contribution < -0.4 is 4.74 Å². The molecule has 0 saturated heterocycles. The van der Waals surface area contributed by atoms with E-state index in [9.17, 15) is 4.79 Å². The van der Waals surface area contributed by atoms with E-state index in [4.69, 9.17) is 27.9 Å². The molecule has 0 N–H and O–H groups in total. The molecule has 0 saturated carbocycles. The molecule has 0 atom stereocenters. The lowest BCUT2D eigenvalue weighted by molar-refractivity contribution is -0.112. The van der Waals surface area contributed by atoms with Gasteiger partial charge in [-0.15, -0.1) is 12.6 Å². The SMILES string of the molecule is O=C(S)COc1ccc(Cl)cc1Cl. The summed E-state index contributed by atoms with van der Waals surface area (Å²) >= 11 is 15.0. The molecule has 1 rings (SSSR count). The average molecular weight is 237 g/mol. The smallest absolute Gasteiger partial charge is 0.223 e. The molecule has 13 heavy (non-hydrogen) atoms. The van der Waals surface area contributed by atoms with Crippen molar-refractivity contribution in [3.05, 3.63) is 28.2 Å². The van der Waals surface area contributed by atoms with Gasteiger partial charge in [0.25, 0.3) is 0 Å². The zero-order valence-corrected chi connectivity index (χ0v) is 8.87. The lowest BCUT2D eigenvalue weighted by Crippen LogP contribution is -2.04. The zero-order chi connectivity index (χ0) is 9.84. The van der Waals surface area contributed by atoms with E-state index in [1.807, 2.05) is 0 Å². The Bertz CT molecular complexity index is 328. The number of thiol groups is 1.